The van der Waals surface area contributed by atoms with Gasteiger partial charge in [0.25, 0.3) is 0 Å². The van der Waals surface area contributed by atoms with Gasteiger partial charge in [0.05, 0.1) is 22.9 Å². The van der Waals surface area contributed by atoms with Gasteiger partial charge in [0.2, 0.25) is 5.95 Å². The van der Waals surface area contributed by atoms with Crippen LogP contribution in [0.15, 0.2) is 36.5 Å². The standard InChI is InChI=1S/C22H29N7O2S/c1-4-23-21(31)25-12-15-7-5-6-8-16(15)17-11-18(29-20(28-17)24-9-10-30)19-13-26-22(32-19)27-14(2)3/h5-8,11,13-14,30H,4,9-10,12H2,1-3H3,(H,26,27)(H2,23,25,31)(H,24,28,29). The van der Waals surface area contributed by atoms with Gasteiger partial charge in [-0.15, -0.1) is 0 Å². The molecule has 2 heterocycles. The molecule has 32 heavy (non-hydrogen) atoms. The van der Waals surface area contributed by atoms with Crippen LogP contribution in [0.4, 0.5) is 15.9 Å². The van der Waals surface area contributed by atoms with E-state index < -0.39 is 0 Å². The number of hydrogen-bond donors (Lipinski definition) is 5. The maximum atomic E-state index is 11.9. The molecule has 0 fully saturated rings. The minimum absolute atomic E-state index is 0.0288. The molecule has 3 aromatic rings. The van der Waals surface area contributed by atoms with Crippen molar-refractivity contribution in [3.63, 3.8) is 0 Å². The van der Waals surface area contributed by atoms with E-state index in [0.717, 1.165) is 32.5 Å². The maximum absolute atomic E-state index is 11.9. The van der Waals surface area contributed by atoms with Gasteiger partial charge in [0.15, 0.2) is 5.13 Å². The van der Waals surface area contributed by atoms with Crippen LogP contribution in [0.2, 0.25) is 0 Å². The zero-order valence-electron chi connectivity index (χ0n) is 18.5. The number of aliphatic hydroxyl groups excluding tert-OH is 1. The highest BCUT2D eigenvalue weighted by atomic mass is 32.1. The van der Waals surface area contributed by atoms with Crippen molar-refractivity contribution in [3.05, 3.63) is 42.1 Å². The first-order valence-electron chi connectivity index (χ1n) is 10.6. The summed E-state index contributed by atoms with van der Waals surface area (Å²) in [6.45, 7) is 7.23. The first-order valence-corrected chi connectivity index (χ1v) is 11.4. The topological polar surface area (TPSA) is 124 Å². The van der Waals surface area contributed by atoms with Crippen LogP contribution in [0.5, 0.6) is 0 Å². The molecule has 0 aliphatic rings. The number of anilines is 2. The van der Waals surface area contributed by atoms with E-state index in [1.54, 1.807) is 6.20 Å². The van der Waals surface area contributed by atoms with E-state index in [4.69, 9.17) is 0 Å². The van der Waals surface area contributed by atoms with Crippen LogP contribution in [-0.2, 0) is 6.54 Å². The molecule has 5 N–H and O–H groups in total. The third kappa shape index (κ3) is 6.38. The molecule has 0 radical (unpaired) electrons. The van der Waals surface area contributed by atoms with Gasteiger partial charge in [-0.25, -0.2) is 19.7 Å². The van der Waals surface area contributed by atoms with Crippen LogP contribution >= 0.6 is 11.3 Å². The van der Waals surface area contributed by atoms with E-state index in [1.807, 2.05) is 37.3 Å². The molecular formula is C22H29N7O2S. The lowest BCUT2D eigenvalue weighted by atomic mass is 10.0. The average molecular weight is 456 g/mol. The van der Waals surface area contributed by atoms with E-state index in [1.165, 1.54) is 11.3 Å². The number of hydrogen-bond acceptors (Lipinski definition) is 8. The number of carbonyl (C=O) groups excluding carboxylic acids is 1. The molecule has 9 nitrogen and oxygen atoms in total. The van der Waals surface area contributed by atoms with E-state index in [2.05, 4.69) is 50.1 Å². The SMILES string of the molecule is CCNC(=O)NCc1ccccc1-c1cc(-c2cnc(NC(C)C)s2)nc(NCCO)n1. The zero-order chi connectivity index (χ0) is 22.9. The number of carbonyl (C=O) groups is 1. The summed E-state index contributed by atoms with van der Waals surface area (Å²) in [6, 6.07) is 9.77. The van der Waals surface area contributed by atoms with Crippen molar-refractivity contribution in [1.29, 1.82) is 0 Å². The number of thiazole rings is 1. The second kappa shape index (κ2) is 11.4. The number of benzene rings is 1. The number of aliphatic hydroxyl groups is 1. The summed E-state index contributed by atoms with van der Waals surface area (Å²) >= 11 is 1.52. The minimum Gasteiger partial charge on any atom is -0.395 e. The molecule has 2 aromatic heterocycles. The van der Waals surface area contributed by atoms with Gasteiger partial charge in [-0.05, 0) is 32.4 Å². The van der Waals surface area contributed by atoms with Crippen LogP contribution in [0, 0.1) is 0 Å². The molecule has 0 unspecified atom stereocenters. The predicted molar refractivity (Wildman–Crippen MR) is 129 cm³/mol. The van der Waals surface area contributed by atoms with Crippen LogP contribution in [0.25, 0.3) is 21.8 Å². The highest BCUT2D eigenvalue weighted by molar-refractivity contribution is 7.18. The highest BCUT2D eigenvalue weighted by Gasteiger charge is 2.14. The summed E-state index contributed by atoms with van der Waals surface area (Å²) in [5.41, 5.74) is 3.28. The molecule has 0 bridgehead atoms. The lowest BCUT2D eigenvalue weighted by molar-refractivity contribution is 0.241. The van der Waals surface area contributed by atoms with E-state index in [-0.39, 0.29) is 18.7 Å². The quantitative estimate of drug-likeness (QED) is 0.318. The molecule has 3 rings (SSSR count). The number of nitrogens with one attached hydrogen (secondary N) is 4. The van der Waals surface area contributed by atoms with Crippen LogP contribution in [0.3, 0.4) is 0 Å². The Kier molecular flexibility index (Phi) is 8.34. The fourth-order valence-corrected chi connectivity index (χ4v) is 3.91. The van der Waals surface area contributed by atoms with E-state index in [9.17, 15) is 9.90 Å². The number of aromatic nitrogens is 3. The minimum atomic E-state index is -0.217. The molecule has 0 atom stereocenters. The van der Waals surface area contributed by atoms with Crippen LogP contribution in [0.1, 0.15) is 26.3 Å². The van der Waals surface area contributed by atoms with E-state index in [0.29, 0.717) is 25.6 Å². The molecule has 0 saturated heterocycles. The van der Waals surface area contributed by atoms with Gasteiger partial charge >= 0.3 is 6.03 Å². The number of nitrogens with zero attached hydrogens (tertiary/aromatic N) is 3. The first kappa shape index (κ1) is 23.4. The molecule has 10 heteroatoms. The van der Waals surface area contributed by atoms with Gasteiger partial charge in [0, 0.05) is 37.4 Å². The van der Waals surface area contributed by atoms with Crippen LogP contribution < -0.4 is 21.3 Å². The Labute approximate surface area is 191 Å². The predicted octanol–water partition coefficient (Wildman–Crippen LogP) is 3.31. The number of amides is 2. The molecular weight excluding hydrogens is 426 g/mol. The molecule has 0 spiro atoms. The van der Waals surface area contributed by atoms with Crippen LogP contribution in [-0.4, -0.2) is 51.8 Å². The van der Waals surface area contributed by atoms with Crippen molar-refractivity contribution in [2.24, 2.45) is 0 Å². The molecule has 2 amide bonds. The van der Waals surface area contributed by atoms with Crippen molar-refractivity contribution in [2.75, 3.05) is 30.3 Å². The maximum Gasteiger partial charge on any atom is 0.315 e. The first-order chi connectivity index (χ1) is 15.5. The second-order valence-electron chi connectivity index (χ2n) is 7.31. The van der Waals surface area contributed by atoms with Gasteiger partial charge < -0.3 is 26.4 Å². The Morgan fingerprint density at radius 1 is 1.16 bits per heavy atom. The summed E-state index contributed by atoms with van der Waals surface area (Å²) in [7, 11) is 0. The zero-order valence-corrected chi connectivity index (χ0v) is 19.3. The van der Waals surface area contributed by atoms with Gasteiger partial charge in [-0.2, -0.15) is 0 Å². The Morgan fingerprint density at radius 3 is 2.69 bits per heavy atom. The Bertz CT molecular complexity index is 1040. The summed E-state index contributed by atoms with van der Waals surface area (Å²) in [5.74, 6) is 0.421. The van der Waals surface area contributed by atoms with Gasteiger partial charge in [0.1, 0.15) is 0 Å². The second-order valence-corrected chi connectivity index (χ2v) is 8.34. The molecule has 0 saturated carbocycles. The van der Waals surface area contributed by atoms with Crippen molar-refractivity contribution in [3.8, 4) is 21.8 Å². The Morgan fingerprint density at radius 2 is 1.94 bits per heavy atom. The smallest absolute Gasteiger partial charge is 0.315 e. The Hall–Kier alpha value is -3.24. The fraction of sp³-hybridized carbons (Fsp3) is 0.364. The summed E-state index contributed by atoms with van der Waals surface area (Å²) in [4.78, 5) is 26.5. The molecule has 0 aliphatic heterocycles. The summed E-state index contributed by atoms with van der Waals surface area (Å²) < 4.78 is 0. The van der Waals surface area contributed by atoms with E-state index >= 15 is 0 Å². The largest absolute Gasteiger partial charge is 0.395 e. The summed E-state index contributed by atoms with van der Waals surface area (Å²) in [5, 5.41) is 22.0. The Balaban J connectivity index is 1.96. The number of urea groups is 1. The monoisotopic (exact) mass is 455 g/mol. The van der Waals surface area contributed by atoms with Gasteiger partial charge in [-0.1, -0.05) is 35.6 Å². The van der Waals surface area contributed by atoms with Crippen molar-refractivity contribution >= 4 is 28.4 Å². The third-order valence-electron chi connectivity index (χ3n) is 4.36. The molecule has 0 aliphatic carbocycles. The lowest BCUT2D eigenvalue weighted by Crippen LogP contribution is -2.34. The van der Waals surface area contributed by atoms with Crippen molar-refractivity contribution in [1.82, 2.24) is 25.6 Å². The van der Waals surface area contributed by atoms with Crippen molar-refractivity contribution < 1.29 is 9.90 Å². The highest BCUT2D eigenvalue weighted by Crippen LogP contribution is 2.32. The third-order valence-corrected chi connectivity index (χ3v) is 5.31. The molecule has 1 aromatic carbocycles. The average Bonchev–Trinajstić information content (AvgIpc) is 3.24. The normalized spacial score (nSPS) is 10.8. The van der Waals surface area contributed by atoms with Gasteiger partial charge in [-0.3, -0.25) is 0 Å². The summed E-state index contributed by atoms with van der Waals surface area (Å²) in [6.07, 6.45) is 1.79. The molecule has 170 valence electrons. The number of rotatable bonds is 10. The fourth-order valence-electron chi connectivity index (χ4n) is 2.99. The van der Waals surface area contributed by atoms with Crippen molar-refractivity contribution in [2.45, 2.75) is 33.4 Å². The lowest BCUT2D eigenvalue weighted by Gasteiger charge is -2.13.